The Morgan fingerprint density at radius 3 is 2.15 bits per heavy atom. The normalized spacial score (nSPS) is 25.8. The maximum Gasteiger partial charge on any atom is 0.272 e. The van der Waals surface area contributed by atoms with E-state index in [1.54, 1.807) is 12.3 Å². The minimum atomic E-state index is 0. The van der Waals surface area contributed by atoms with Crippen LogP contribution in [0, 0.1) is 23.7 Å². The van der Waals surface area contributed by atoms with E-state index < -0.39 is 0 Å². The van der Waals surface area contributed by atoms with Crippen molar-refractivity contribution in [2.45, 2.75) is 0 Å². The number of H-pyrrole nitrogens is 1. The van der Waals surface area contributed by atoms with Gasteiger partial charge in [0.15, 0.2) is 0 Å². The van der Waals surface area contributed by atoms with Crippen molar-refractivity contribution in [3.63, 3.8) is 0 Å². The Morgan fingerprint density at radius 1 is 0.788 bits per heavy atom. The Hall–Kier alpha value is -3.81. The molecule has 1 N–H and O–H groups in total. The number of hydrogen-bond donors (Lipinski definition) is 1. The van der Waals surface area contributed by atoms with Gasteiger partial charge in [-0.15, -0.1) is 0 Å². The Balaban J connectivity index is 0.00000127. The summed E-state index contributed by atoms with van der Waals surface area (Å²) in [6.07, 6.45) is 1.78. The summed E-state index contributed by atoms with van der Waals surface area (Å²) in [7, 11) is 0. The highest BCUT2D eigenvalue weighted by molar-refractivity contribution is 5.98. The molecule has 4 atom stereocenters. The summed E-state index contributed by atoms with van der Waals surface area (Å²) < 4.78 is 0. The number of nitrogens with zero attached hydrogens (tertiary/aromatic N) is 5. The zero-order chi connectivity index (χ0) is 22.1. The van der Waals surface area contributed by atoms with Gasteiger partial charge in [0.2, 0.25) is 0 Å². The minimum Gasteiger partial charge on any atom is -0.338 e. The summed E-state index contributed by atoms with van der Waals surface area (Å²) in [4.78, 5) is 34.6. The van der Waals surface area contributed by atoms with Gasteiger partial charge in [-0.3, -0.25) is 14.6 Å². The average molecular weight is 443 g/mol. The van der Waals surface area contributed by atoms with E-state index in [0.29, 0.717) is 40.4 Å². The van der Waals surface area contributed by atoms with Crippen LogP contribution in [0.5, 0.6) is 0 Å². The number of carbonyl (C=O) groups is 2. The van der Waals surface area contributed by atoms with E-state index >= 15 is 0 Å². The van der Waals surface area contributed by atoms with Gasteiger partial charge in [-0.2, -0.15) is 15.4 Å². The Kier molecular flexibility index (Phi) is 3.88. The topological polar surface area (TPSA) is 95.1 Å². The summed E-state index contributed by atoms with van der Waals surface area (Å²) in [6.45, 7) is 3.04. The molecule has 0 bridgehead atoms. The van der Waals surface area contributed by atoms with E-state index in [9.17, 15) is 9.59 Å². The smallest absolute Gasteiger partial charge is 0.272 e. The number of pyridine rings is 1. The number of rotatable bonds is 2. The standard InChI is InChI=1S/C25H22N6O2.2H2/c32-24(15-5-6-21-22(8-15)28-29-27-21)30-10-17-18(11-30)20-13-31(12-19(17)20)25(33)23-7-14-3-1-2-4-16(14)9-26-23;;/h1-9,17-20H,10-13H2,(H,27,28,29);2*1H/t17-,18+,19?,20?;;. The SMILES string of the molecule is O=C(c1ccc2n[nH]nc2c1)N1C[C@@H]2C3CN(C(=O)c4cc5ccccc5cn4)CC3[C@@H]2C1.[HH].[HH]. The fourth-order valence-electron chi connectivity index (χ4n) is 6.22. The van der Waals surface area contributed by atoms with Crippen molar-refractivity contribution in [2.75, 3.05) is 26.2 Å². The predicted octanol–water partition coefficient (Wildman–Crippen LogP) is 3.09. The van der Waals surface area contributed by atoms with E-state index in [2.05, 4.69) is 20.4 Å². The molecule has 168 valence electrons. The summed E-state index contributed by atoms with van der Waals surface area (Å²) in [5.74, 6) is 1.95. The molecule has 2 aromatic carbocycles. The second-order valence-corrected chi connectivity index (χ2v) is 9.52. The molecular formula is C25H26N6O2. The number of hydrogen-bond acceptors (Lipinski definition) is 5. The molecule has 33 heavy (non-hydrogen) atoms. The number of aromatic nitrogens is 4. The average Bonchev–Trinajstić information content (AvgIpc) is 3.56. The van der Waals surface area contributed by atoms with Crippen LogP contribution in [0.4, 0.5) is 0 Å². The molecule has 4 aromatic rings. The van der Waals surface area contributed by atoms with Crippen LogP contribution in [0.1, 0.15) is 23.7 Å². The van der Waals surface area contributed by atoms with E-state index in [4.69, 9.17) is 0 Å². The maximum absolute atomic E-state index is 13.2. The molecule has 8 nitrogen and oxygen atoms in total. The maximum atomic E-state index is 13.2. The van der Waals surface area contributed by atoms with Gasteiger partial charge in [-0.05, 0) is 53.3 Å². The lowest BCUT2D eigenvalue weighted by atomic mass is 9.60. The van der Waals surface area contributed by atoms with Crippen molar-refractivity contribution >= 4 is 33.6 Å². The van der Waals surface area contributed by atoms with Crippen molar-refractivity contribution in [1.29, 1.82) is 0 Å². The van der Waals surface area contributed by atoms with E-state index in [0.717, 1.165) is 42.5 Å². The first kappa shape index (κ1) is 18.7. The highest BCUT2D eigenvalue weighted by atomic mass is 16.2. The van der Waals surface area contributed by atoms with Gasteiger partial charge in [0.05, 0.1) is 0 Å². The number of benzene rings is 2. The van der Waals surface area contributed by atoms with Crippen molar-refractivity contribution < 1.29 is 12.4 Å². The Bertz CT molecular complexity index is 1420. The molecule has 7 rings (SSSR count). The summed E-state index contributed by atoms with van der Waals surface area (Å²) in [6, 6.07) is 15.3. The van der Waals surface area contributed by atoms with Crippen LogP contribution in [0.15, 0.2) is 54.7 Å². The number of amides is 2. The summed E-state index contributed by atoms with van der Waals surface area (Å²) in [5, 5.41) is 12.8. The van der Waals surface area contributed by atoms with Gasteiger partial charge in [0, 0.05) is 46.2 Å². The molecule has 2 unspecified atom stereocenters. The van der Waals surface area contributed by atoms with Crippen molar-refractivity contribution in [3.8, 4) is 0 Å². The zero-order valence-electron chi connectivity index (χ0n) is 17.9. The third-order valence-electron chi connectivity index (χ3n) is 7.91. The van der Waals surface area contributed by atoms with Gasteiger partial charge < -0.3 is 9.80 Å². The van der Waals surface area contributed by atoms with Gasteiger partial charge in [0.1, 0.15) is 16.7 Å². The quantitative estimate of drug-likeness (QED) is 0.515. The van der Waals surface area contributed by atoms with Gasteiger partial charge in [-0.1, -0.05) is 24.3 Å². The van der Waals surface area contributed by atoms with E-state index in [-0.39, 0.29) is 14.7 Å². The first-order valence-corrected chi connectivity index (χ1v) is 11.4. The van der Waals surface area contributed by atoms with Crippen LogP contribution in [0.3, 0.4) is 0 Å². The van der Waals surface area contributed by atoms with Crippen LogP contribution in [-0.2, 0) is 0 Å². The van der Waals surface area contributed by atoms with Crippen LogP contribution < -0.4 is 0 Å². The van der Waals surface area contributed by atoms with E-state index in [1.807, 2.05) is 52.3 Å². The van der Waals surface area contributed by atoms with Crippen LogP contribution in [-0.4, -0.2) is 68.2 Å². The number of likely N-dealkylation sites (tertiary alicyclic amines) is 2. The second-order valence-electron chi connectivity index (χ2n) is 9.52. The molecule has 8 heteroatoms. The lowest BCUT2D eigenvalue weighted by Crippen LogP contribution is -2.44. The van der Waals surface area contributed by atoms with Crippen LogP contribution >= 0.6 is 0 Å². The Labute approximate surface area is 192 Å². The third-order valence-corrected chi connectivity index (χ3v) is 7.91. The monoisotopic (exact) mass is 442 g/mol. The lowest BCUT2D eigenvalue weighted by Gasteiger charge is -2.42. The van der Waals surface area contributed by atoms with Crippen LogP contribution in [0.2, 0.25) is 0 Å². The third kappa shape index (κ3) is 2.79. The molecule has 0 spiro atoms. The van der Waals surface area contributed by atoms with Gasteiger partial charge in [-0.25, -0.2) is 0 Å². The fraction of sp³-hybridized carbons (Fsp3) is 0.320. The first-order valence-electron chi connectivity index (χ1n) is 11.4. The molecule has 0 radical (unpaired) electrons. The number of nitrogens with one attached hydrogen (secondary N) is 1. The summed E-state index contributed by atoms with van der Waals surface area (Å²) in [5.41, 5.74) is 2.63. The predicted molar refractivity (Wildman–Crippen MR) is 126 cm³/mol. The molecule has 4 heterocycles. The van der Waals surface area contributed by atoms with Crippen LogP contribution in [0.25, 0.3) is 21.8 Å². The largest absolute Gasteiger partial charge is 0.338 e. The number of carbonyl (C=O) groups excluding carboxylic acids is 2. The lowest BCUT2D eigenvalue weighted by molar-refractivity contribution is 0.0629. The first-order chi connectivity index (χ1) is 16.2. The van der Waals surface area contributed by atoms with Gasteiger partial charge in [0.25, 0.3) is 11.8 Å². The van der Waals surface area contributed by atoms with E-state index in [1.165, 1.54) is 0 Å². The number of aromatic amines is 1. The molecular weight excluding hydrogens is 416 g/mol. The Morgan fingerprint density at radius 2 is 1.42 bits per heavy atom. The minimum absolute atomic E-state index is 0. The summed E-state index contributed by atoms with van der Waals surface area (Å²) >= 11 is 0. The van der Waals surface area contributed by atoms with Crippen molar-refractivity contribution in [1.82, 2.24) is 30.2 Å². The molecule has 2 aliphatic heterocycles. The fourth-order valence-corrected chi connectivity index (χ4v) is 6.22. The van der Waals surface area contributed by atoms with Crippen molar-refractivity contribution in [2.24, 2.45) is 23.7 Å². The molecule has 2 aromatic heterocycles. The molecule has 3 fully saturated rings. The highest BCUT2D eigenvalue weighted by Crippen LogP contribution is 2.54. The van der Waals surface area contributed by atoms with Crippen molar-refractivity contribution in [3.05, 3.63) is 66.0 Å². The molecule has 1 saturated carbocycles. The zero-order valence-corrected chi connectivity index (χ0v) is 17.9. The molecule has 2 saturated heterocycles. The molecule has 2 amide bonds. The molecule has 3 aliphatic rings. The number of fused-ring (bicyclic) bond motifs is 6. The highest BCUT2D eigenvalue weighted by Gasteiger charge is 2.59. The molecule has 1 aliphatic carbocycles. The second kappa shape index (κ2) is 6.84. The van der Waals surface area contributed by atoms with Gasteiger partial charge >= 0.3 is 0 Å².